The zero-order valence-corrected chi connectivity index (χ0v) is 10.4. The fraction of sp³-hybridized carbons (Fsp3) is 0.200. The molecule has 3 rings (SSSR count). The molecule has 0 bridgehead atoms. The quantitative estimate of drug-likeness (QED) is 0.656. The molecule has 19 heavy (non-hydrogen) atoms. The number of benzene rings is 2. The molecular weight excluding hydrogens is 243 g/mol. The Morgan fingerprint density at radius 2 is 1.95 bits per heavy atom. The van der Waals surface area contributed by atoms with Gasteiger partial charge in [-0.25, -0.2) is 9.82 Å². The Morgan fingerprint density at radius 3 is 2.68 bits per heavy atom. The summed E-state index contributed by atoms with van der Waals surface area (Å²) in [5, 5.41) is 0. The van der Waals surface area contributed by atoms with E-state index in [-0.39, 0.29) is 11.9 Å². The second-order valence-corrected chi connectivity index (χ2v) is 4.59. The lowest BCUT2D eigenvalue weighted by molar-refractivity contribution is 0.350. The largest absolute Gasteiger partial charge is 0.493 e. The molecule has 0 aliphatic carbocycles. The monoisotopic (exact) mass is 258 g/mol. The van der Waals surface area contributed by atoms with Gasteiger partial charge in [0, 0.05) is 12.0 Å². The van der Waals surface area contributed by atoms with Crippen molar-refractivity contribution in [1.82, 2.24) is 5.43 Å². The zero-order chi connectivity index (χ0) is 13.2. The van der Waals surface area contributed by atoms with Crippen molar-refractivity contribution in [2.45, 2.75) is 12.5 Å². The molecule has 0 spiro atoms. The van der Waals surface area contributed by atoms with Crippen LogP contribution in [0, 0.1) is 5.82 Å². The Balaban J connectivity index is 2.03. The van der Waals surface area contributed by atoms with Gasteiger partial charge in [0.2, 0.25) is 0 Å². The van der Waals surface area contributed by atoms with E-state index in [0.717, 1.165) is 23.3 Å². The molecule has 0 fully saturated rings. The summed E-state index contributed by atoms with van der Waals surface area (Å²) >= 11 is 0. The van der Waals surface area contributed by atoms with Crippen LogP contribution in [0.15, 0.2) is 42.5 Å². The highest BCUT2D eigenvalue weighted by Gasteiger charge is 2.22. The summed E-state index contributed by atoms with van der Waals surface area (Å²) in [4.78, 5) is 0. The van der Waals surface area contributed by atoms with Gasteiger partial charge in [-0.15, -0.1) is 0 Å². The topological polar surface area (TPSA) is 47.3 Å². The van der Waals surface area contributed by atoms with Crippen LogP contribution in [-0.4, -0.2) is 6.61 Å². The number of hydrogen-bond acceptors (Lipinski definition) is 3. The van der Waals surface area contributed by atoms with Gasteiger partial charge in [0.25, 0.3) is 0 Å². The lowest BCUT2D eigenvalue weighted by atomic mass is 9.96. The van der Waals surface area contributed by atoms with Crippen molar-refractivity contribution in [3.63, 3.8) is 0 Å². The van der Waals surface area contributed by atoms with Crippen molar-refractivity contribution in [3.8, 4) is 5.75 Å². The van der Waals surface area contributed by atoms with Crippen LogP contribution in [0.4, 0.5) is 4.39 Å². The molecule has 0 saturated carbocycles. The van der Waals surface area contributed by atoms with Gasteiger partial charge in [0.1, 0.15) is 11.6 Å². The van der Waals surface area contributed by atoms with Crippen LogP contribution in [-0.2, 0) is 6.42 Å². The van der Waals surface area contributed by atoms with Crippen LogP contribution in [0.5, 0.6) is 5.75 Å². The summed E-state index contributed by atoms with van der Waals surface area (Å²) in [5.41, 5.74) is 5.88. The highest BCUT2D eigenvalue weighted by Crippen LogP contribution is 2.35. The summed E-state index contributed by atoms with van der Waals surface area (Å²) in [7, 11) is 0. The number of nitrogens with two attached hydrogens (primary N) is 1. The van der Waals surface area contributed by atoms with E-state index < -0.39 is 0 Å². The van der Waals surface area contributed by atoms with Gasteiger partial charge in [0.15, 0.2) is 0 Å². The minimum Gasteiger partial charge on any atom is -0.493 e. The molecule has 2 aromatic carbocycles. The molecule has 1 heterocycles. The fourth-order valence-electron chi connectivity index (χ4n) is 2.49. The van der Waals surface area contributed by atoms with Crippen molar-refractivity contribution < 1.29 is 9.13 Å². The first-order chi connectivity index (χ1) is 9.29. The number of fused-ring (bicyclic) bond motifs is 1. The molecule has 98 valence electrons. The molecule has 1 atom stereocenters. The summed E-state index contributed by atoms with van der Waals surface area (Å²) in [6.45, 7) is 0.701. The first-order valence-electron chi connectivity index (χ1n) is 6.26. The van der Waals surface area contributed by atoms with Crippen molar-refractivity contribution in [1.29, 1.82) is 0 Å². The molecule has 3 nitrogen and oxygen atoms in total. The highest BCUT2D eigenvalue weighted by atomic mass is 19.1. The van der Waals surface area contributed by atoms with Gasteiger partial charge >= 0.3 is 0 Å². The van der Waals surface area contributed by atoms with Crippen molar-refractivity contribution in [2.24, 2.45) is 5.84 Å². The molecule has 4 heteroatoms. The molecule has 0 radical (unpaired) electrons. The maximum Gasteiger partial charge on any atom is 0.127 e. The molecule has 2 aromatic rings. The highest BCUT2D eigenvalue weighted by molar-refractivity contribution is 5.48. The van der Waals surface area contributed by atoms with Gasteiger partial charge in [0.05, 0.1) is 12.6 Å². The van der Waals surface area contributed by atoms with E-state index in [4.69, 9.17) is 10.6 Å². The standard InChI is InChI=1S/C15H15FN2O/c16-12-6-4-10(5-7-12)14(18-17)13-3-1-2-11-8-9-19-15(11)13/h1-7,14,18H,8-9,17H2. The van der Waals surface area contributed by atoms with E-state index in [0.29, 0.717) is 6.61 Å². The molecule has 0 aromatic heterocycles. The minimum atomic E-state index is -0.255. The number of rotatable bonds is 3. The van der Waals surface area contributed by atoms with E-state index in [9.17, 15) is 4.39 Å². The maximum absolute atomic E-state index is 13.0. The molecular formula is C15H15FN2O. The summed E-state index contributed by atoms with van der Waals surface area (Å²) < 4.78 is 18.7. The van der Waals surface area contributed by atoms with Crippen LogP contribution >= 0.6 is 0 Å². The first kappa shape index (κ1) is 12.1. The fourth-order valence-corrected chi connectivity index (χ4v) is 2.49. The third kappa shape index (κ3) is 2.20. The van der Waals surface area contributed by atoms with Gasteiger partial charge < -0.3 is 4.74 Å². The van der Waals surface area contributed by atoms with Crippen LogP contribution in [0.3, 0.4) is 0 Å². The van der Waals surface area contributed by atoms with E-state index in [1.54, 1.807) is 12.1 Å². The van der Waals surface area contributed by atoms with Gasteiger partial charge in [-0.05, 0) is 23.3 Å². The smallest absolute Gasteiger partial charge is 0.127 e. The van der Waals surface area contributed by atoms with E-state index >= 15 is 0 Å². The first-order valence-corrected chi connectivity index (χ1v) is 6.26. The van der Waals surface area contributed by atoms with Gasteiger partial charge in [-0.2, -0.15) is 0 Å². The average molecular weight is 258 g/mol. The van der Waals surface area contributed by atoms with Crippen LogP contribution in [0.25, 0.3) is 0 Å². The van der Waals surface area contributed by atoms with Crippen LogP contribution < -0.4 is 16.0 Å². The van der Waals surface area contributed by atoms with Crippen LogP contribution in [0.1, 0.15) is 22.7 Å². The van der Waals surface area contributed by atoms with Gasteiger partial charge in [-0.3, -0.25) is 5.84 Å². The number of halogens is 1. The summed E-state index contributed by atoms with van der Waals surface area (Å²) in [6, 6.07) is 12.2. The van der Waals surface area contributed by atoms with E-state index in [1.165, 1.54) is 17.7 Å². The predicted molar refractivity (Wildman–Crippen MR) is 71.2 cm³/mol. The molecule has 1 unspecified atom stereocenters. The Hall–Kier alpha value is -1.91. The Morgan fingerprint density at radius 1 is 1.16 bits per heavy atom. The normalized spacial score (nSPS) is 14.8. The lowest BCUT2D eigenvalue weighted by Crippen LogP contribution is -2.29. The zero-order valence-electron chi connectivity index (χ0n) is 10.4. The minimum absolute atomic E-state index is 0.200. The maximum atomic E-state index is 13.0. The third-order valence-corrected chi connectivity index (χ3v) is 3.43. The average Bonchev–Trinajstić information content (AvgIpc) is 2.91. The molecule has 0 amide bonds. The Kier molecular flexibility index (Phi) is 3.19. The van der Waals surface area contributed by atoms with Crippen molar-refractivity contribution in [2.75, 3.05) is 6.61 Å². The lowest BCUT2D eigenvalue weighted by Gasteiger charge is -2.19. The number of nitrogens with one attached hydrogen (secondary N) is 1. The number of para-hydroxylation sites is 1. The molecule has 1 aliphatic rings. The number of ether oxygens (including phenoxy) is 1. The number of hydrogen-bond donors (Lipinski definition) is 2. The van der Waals surface area contributed by atoms with E-state index in [2.05, 4.69) is 11.5 Å². The predicted octanol–water partition coefficient (Wildman–Crippen LogP) is 2.31. The van der Waals surface area contributed by atoms with E-state index in [1.807, 2.05) is 12.1 Å². The van der Waals surface area contributed by atoms with Crippen molar-refractivity contribution in [3.05, 3.63) is 65.0 Å². The van der Waals surface area contributed by atoms with Crippen LogP contribution in [0.2, 0.25) is 0 Å². The molecule has 1 aliphatic heterocycles. The SMILES string of the molecule is NNC(c1ccc(F)cc1)c1cccc2c1OCC2. The molecule has 3 N–H and O–H groups in total. The second kappa shape index (κ2) is 4.99. The summed E-state index contributed by atoms with van der Waals surface area (Å²) in [6.07, 6.45) is 0.921. The van der Waals surface area contributed by atoms with Crippen molar-refractivity contribution >= 4 is 0 Å². The Labute approximate surface area is 111 Å². The van der Waals surface area contributed by atoms with Gasteiger partial charge in [-0.1, -0.05) is 30.3 Å². The number of hydrazine groups is 1. The third-order valence-electron chi connectivity index (χ3n) is 3.43. The Bertz CT molecular complexity index is 583. The molecule has 0 saturated heterocycles. The summed E-state index contributed by atoms with van der Waals surface area (Å²) in [5.74, 6) is 6.31. The second-order valence-electron chi connectivity index (χ2n) is 4.59.